The van der Waals surface area contributed by atoms with Gasteiger partial charge in [0.15, 0.2) is 0 Å². The van der Waals surface area contributed by atoms with Crippen LogP contribution in [0.3, 0.4) is 0 Å². The molecule has 2 aromatic rings. The molecule has 35 heavy (non-hydrogen) atoms. The topological polar surface area (TPSA) is 86.8 Å². The summed E-state index contributed by atoms with van der Waals surface area (Å²) in [6.45, 7) is 5.84. The minimum atomic E-state index is -3.77. The van der Waals surface area contributed by atoms with Crippen LogP contribution in [0.4, 0.5) is 5.69 Å². The fourth-order valence-electron chi connectivity index (χ4n) is 3.40. The molecular weight excluding hydrogens is 624 g/mol. The van der Waals surface area contributed by atoms with Crippen LogP contribution >= 0.6 is 45.8 Å². The van der Waals surface area contributed by atoms with Crippen molar-refractivity contribution < 1.29 is 18.0 Å². The smallest absolute Gasteiger partial charge is 0.244 e. The maximum Gasteiger partial charge on any atom is 0.244 e. The largest absolute Gasteiger partial charge is 0.354 e. The quantitative estimate of drug-likeness (QED) is 0.348. The van der Waals surface area contributed by atoms with E-state index in [0.29, 0.717) is 34.3 Å². The third-order valence-corrected chi connectivity index (χ3v) is 7.80. The molecule has 1 atom stereocenters. The van der Waals surface area contributed by atoms with Gasteiger partial charge >= 0.3 is 0 Å². The van der Waals surface area contributed by atoms with E-state index in [9.17, 15) is 18.0 Å². The highest BCUT2D eigenvalue weighted by molar-refractivity contribution is 14.1. The van der Waals surface area contributed by atoms with Gasteiger partial charge in [0.2, 0.25) is 21.8 Å². The normalized spacial score (nSPS) is 12.3. The Morgan fingerprint density at radius 2 is 1.69 bits per heavy atom. The summed E-state index contributed by atoms with van der Waals surface area (Å²) in [4.78, 5) is 28.1. The highest BCUT2D eigenvalue weighted by Crippen LogP contribution is 2.25. The van der Waals surface area contributed by atoms with Gasteiger partial charge in [0.05, 0.1) is 22.0 Å². The molecule has 11 heteroatoms. The molecule has 0 spiro atoms. The maximum absolute atomic E-state index is 13.6. The lowest BCUT2D eigenvalue weighted by Crippen LogP contribution is -2.52. The van der Waals surface area contributed by atoms with Crippen LogP contribution in [-0.2, 0) is 26.2 Å². The van der Waals surface area contributed by atoms with Crippen molar-refractivity contribution in [2.75, 3.05) is 23.7 Å². The zero-order valence-electron chi connectivity index (χ0n) is 20.1. The lowest BCUT2D eigenvalue weighted by atomic mass is 10.1. The number of carbonyl (C=O) groups is 2. The molecule has 0 aliphatic heterocycles. The number of halogens is 3. The molecule has 0 aromatic heterocycles. The van der Waals surface area contributed by atoms with Gasteiger partial charge in [0, 0.05) is 16.7 Å². The van der Waals surface area contributed by atoms with Crippen molar-refractivity contribution in [1.82, 2.24) is 10.2 Å². The number of amides is 2. The van der Waals surface area contributed by atoms with E-state index in [-0.39, 0.29) is 18.4 Å². The van der Waals surface area contributed by atoms with Crippen LogP contribution < -0.4 is 9.62 Å². The minimum absolute atomic E-state index is 0.0631. The third-order valence-electron chi connectivity index (χ3n) is 5.20. The van der Waals surface area contributed by atoms with Crippen molar-refractivity contribution in [2.45, 2.75) is 39.8 Å². The number of hydrogen-bond donors (Lipinski definition) is 1. The molecule has 0 heterocycles. The molecule has 0 saturated carbocycles. The van der Waals surface area contributed by atoms with Gasteiger partial charge in [-0.1, -0.05) is 50.0 Å². The Balaban J connectivity index is 2.43. The van der Waals surface area contributed by atoms with Gasteiger partial charge in [-0.25, -0.2) is 8.42 Å². The monoisotopic (exact) mass is 653 g/mol. The van der Waals surface area contributed by atoms with E-state index in [1.54, 1.807) is 42.5 Å². The van der Waals surface area contributed by atoms with E-state index in [2.05, 4.69) is 27.9 Å². The Morgan fingerprint density at radius 1 is 1.06 bits per heavy atom. The fraction of sp³-hybridized carbons (Fsp3) is 0.417. The highest BCUT2D eigenvalue weighted by atomic mass is 127. The average Bonchev–Trinajstić information content (AvgIpc) is 2.78. The van der Waals surface area contributed by atoms with Gasteiger partial charge in [-0.05, 0) is 76.9 Å². The van der Waals surface area contributed by atoms with Crippen molar-refractivity contribution in [3.8, 4) is 0 Å². The molecule has 1 N–H and O–H groups in total. The zero-order valence-corrected chi connectivity index (χ0v) is 24.6. The van der Waals surface area contributed by atoms with Crippen LogP contribution in [0.2, 0.25) is 10.0 Å². The number of carbonyl (C=O) groups excluding carboxylic acids is 2. The Morgan fingerprint density at radius 3 is 2.20 bits per heavy atom. The third kappa shape index (κ3) is 8.80. The van der Waals surface area contributed by atoms with Crippen LogP contribution in [0.1, 0.15) is 32.8 Å². The van der Waals surface area contributed by atoms with E-state index in [4.69, 9.17) is 23.2 Å². The van der Waals surface area contributed by atoms with Crippen molar-refractivity contribution >= 4 is 73.3 Å². The second-order valence-corrected chi connectivity index (χ2v) is 12.5. The second-order valence-electron chi connectivity index (χ2n) is 8.58. The summed E-state index contributed by atoms with van der Waals surface area (Å²) >= 11 is 14.3. The summed E-state index contributed by atoms with van der Waals surface area (Å²) in [7, 11) is -3.77. The predicted octanol–water partition coefficient (Wildman–Crippen LogP) is 4.94. The molecule has 0 aliphatic carbocycles. The first-order chi connectivity index (χ1) is 16.3. The van der Waals surface area contributed by atoms with E-state index in [1.807, 2.05) is 20.8 Å². The number of rotatable bonds is 11. The first-order valence-electron chi connectivity index (χ1n) is 11.1. The lowest BCUT2D eigenvalue weighted by molar-refractivity contribution is -0.140. The first kappa shape index (κ1) is 29.7. The highest BCUT2D eigenvalue weighted by Gasteiger charge is 2.31. The van der Waals surface area contributed by atoms with Crippen molar-refractivity contribution in [1.29, 1.82) is 0 Å². The molecule has 0 bridgehead atoms. The molecule has 0 fully saturated rings. The summed E-state index contributed by atoms with van der Waals surface area (Å²) in [6.07, 6.45) is 1.40. The SMILES string of the molecule is CCC(C(=O)NCC(C)C)N(Cc1ccc(Cl)c(Cl)c1)C(=O)CN(c1ccc(I)cc1)S(C)(=O)=O. The van der Waals surface area contributed by atoms with E-state index < -0.39 is 28.5 Å². The van der Waals surface area contributed by atoms with Gasteiger partial charge in [-0.3, -0.25) is 13.9 Å². The number of nitrogens with one attached hydrogen (secondary N) is 1. The summed E-state index contributed by atoms with van der Waals surface area (Å²) in [5.74, 6) is -0.571. The van der Waals surface area contributed by atoms with Crippen LogP contribution in [0, 0.1) is 9.49 Å². The van der Waals surface area contributed by atoms with Crippen LogP contribution in [-0.4, -0.2) is 50.5 Å². The summed E-state index contributed by atoms with van der Waals surface area (Å²) in [5, 5.41) is 3.58. The number of anilines is 1. The van der Waals surface area contributed by atoms with E-state index in [0.717, 1.165) is 14.1 Å². The number of benzene rings is 2. The van der Waals surface area contributed by atoms with Crippen molar-refractivity contribution in [3.05, 3.63) is 61.6 Å². The molecule has 2 rings (SSSR count). The summed E-state index contributed by atoms with van der Waals surface area (Å²) < 4.78 is 27.2. The van der Waals surface area contributed by atoms with Crippen molar-refractivity contribution in [3.63, 3.8) is 0 Å². The predicted molar refractivity (Wildman–Crippen MR) is 150 cm³/mol. The van der Waals surface area contributed by atoms with Crippen molar-refractivity contribution in [2.24, 2.45) is 5.92 Å². The molecule has 0 aliphatic rings. The second kappa shape index (κ2) is 13.1. The molecular formula is C24H30Cl2IN3O4S. The maximum atomic E-state index is 13.6. The zero-order chi connectivity index (χ0) is 26.3. The summed E-state index contributed by atoms with van der Waals surface area (Å²) in [6, 6.07) is 11.0. The molecule has 2 aromatic carbocycles. The summed E-state index contributed by atoms with van der Waals surface area (Å²) in [5.41, 5.74) is 1.04. The van der Waals surface area contributed by atoms with Crippen LogP contribution in [0.25, 0.3) is 0 Å². The van der Waals surface area contributed by atoms with Gasteiger partial charge in [0.25, 0.3) is 0 Å². The first-order valence-corrected chi connectivity index (χ1v) is 14.8. The fourth-order valence-corrected chi connectivity index (χ4v) is 4.93. The van der Waals surface area contributed by atoms with E-state index >= 15 is 0 Å². The molecule has 0 saturated heterocycles. The van der Waals surface area contributed by atoms with Crippen LogP contribution in [0.5, 0.6) is 0 Å². The number of nitrogens with zero attached hydrogens (tertiary/aromatic N) is 2. The van der Waals surface area contributed by atoms with Gasteiger partial charge in [-0.15, -0.1) is 0 Å². The standard InChI is InChI=1S/C24H30Cl2IN3O4S/c1-5-22(24(32)28-13-16(2)3)29(14-17-6-11-20(25)21(26)12-17)23(31)15-30(35(4,33)34)19-9-7-18(27)8-10-19/h6-12,16,22H,5,13-15H2,1-4H3,(H,28,32). The molecule has 2 amide bonds. The molecule has 1 unspecified atom stereocenters. The number of hydrogen-bond acceptors (Lipinski definition) is 4. The van der Waals surface area contributed by atoms with Gasteiger partial charge in [-0.2, -0.15) is 0 Å². The lowest BCUT2D eigenvalue weighted by Gasteiger charge is -2.33. The Labute approximate surface area is 231 Å². The van der Waals surface area contributed by atoms with Gasteiger partial charge in [0.1, 0.15) is 12.6 Å². The Kier molecular flexibility index (Phi) is 11.1. The molecule has 7 nitrogen and oxygen atoms in total. The van der Waals surface area contributed by atoms with Crippen LogP contribution in [0.15, 0.2) is 42.5 Å². The minimum Gasteiger partial charge on any atom is -0.354 e. The van der Waals surface area contributed by atoms with Gasteiger partial charge < -0.3 is 10.2 Å². The Bertz CT molecular complexity index is 1140. The molecule has 0 radical (unpaired) electrons. The Hall–Kier alpha value is -1.56. The van der Waals surface area contributed by atoms with E-state index in [1.165, 1.54) is 4.90 Å². The molecule has 192 valence electrons. The average molecular weight is 654 g/mol. The number of sulfonamides is 1.